The van der Waals surface area contributed by atoms with Crippen molar-refractivity contribution < 1.29 is 14.3 Å². The molecular formula is C25H22N2O3S. The number of anilines is 2. The number of hydrogen-bond donors (Lipinski definition) is 1. The zero-order valence-corrected chi connectivity index (χ0v) is 18.3. The Labute approximate surface area is 185 Å². The third-order valence-corrected chi connectivity index (χ3v) is 6.20. The second kappa shape index (κ2) is 8.70. The van der Waals surface area contributed by atoms with Crippen molar-refractivity contribution >= 4 is 35.0 Å². The van der Waals surface area contributed by atoms with E-state index in [1.165, 1.54) is 16.7 Å². The number of aryl methyl sites for hydroxylation is 2. The van der Waals surface area contributed by atoms with E-state index in [0.29, 0.717) is 16.3 Å². The molecule has 1 heterocycles. The Bertz CT molecular complexity index is 1170. The van der Waals surface area contributed by atoms with E-state index in [4.69, 9.17) is 4.74 Å². The van der Waals surface area contributed by atoms with Crippen LogP contribution in [0, 0.1) is 13.8 Å². The summed E-state index contributed by atoms with van der Waals surface area (Å²) in [6.07, 6.45) is 0. The number of nitrogens with zero attached hydrogens (tertiary/aromatic N) is 1. The van der Waals surface area contributed by atoms with E-state index in [0.717, 1.165) is 21.7 Å². The van der Waals surface area contributed by atoms with E-state index in [-0.39, 0.29) is 17.5 Å². The molecule has 3 aromatic rings. The van der Waals surface area contributed by atoms with E-state index in [9.17, 15) is 9.59 Å². The number of hydrogen-bond acceptors (Lipinski definition) is 5. The molecule has 156 valence electrons. The molecule has 5 nitrogen and oxygen atoms in total. The number of nitrogens with one attached hydrogen (secondary N) is 1. The fraction of sp³-hybridized carbons (Fsp3) is 0.120. The average Bonchev–Trinajstić information content (AvgIpc) is 3.01. The van der Waals surface area contributed by atoms with E-state index in [2.05, 4.69) is 5.32 Å². The van der Waals surface area contributed by atoms with Crippen LogP contribution in [0.5, 0.6) is 5.75 Å². The summed E-state index contributed by atoms with van der Waals surface area (Å²) in [7, 11) is 1.57. The van der Waals surface area contributed by atoms with Gasteiger partial charge in [0.05, 0.1) is 12.8 Å². The number of imide groups is 1. The van der Waals surface area contributed by atoms with Gasteiger partial charge in [-0.25, -0.2) is 4.90 Å². The highest BCUT2D eigenvalue weighted by Gasteiger charge is 2.40. The summed E-state index contributed by atoms with van der Waals surface area (Å²) in [5.74, 6) is -0.0784. The van der Waals surface area contributed by atoms with Gasteiger partial charge in [0.15, 0.2) is 0 Å². The predicted molar refractivity (Wildman–Crippen MR) is 124 cm³/mol. The first-order valence-corrected chi connectivity index (χ1v) is 10.6. The van der Waals surface area contributed by atoms with Crippen molar-refractivity contribution in [3.8, 4) is 5.75 Å². The summed E-state index contributed by atoms with van der Waals surface area (Å²) < 4.78 is 5.19. The van der Waals surface area contributed by atoms with Crippen molar-refractivity contribution in [2.75, 3.05) is 17.3 Å². The molecule has 1 N–H and O–H groups in total. The molecule has 0 bridgehead atoms. The number of ether oxygens (including phenoxy) is 1. The van der Waals surface area contributed by atoms with Crippen molar-refractivity contribution in [1.82, 2.24) is 0 Å². The average molecular weight is 431 g/mol. The molecule has 0 spiro atoms. The molecule has 0 aliphatic carbocycles. The lowest BCUT2D eigenvalue weighted by atomic mass is 10.1. The fourth-order valence-electron chi connectivity index (χ4n) is 3.25. The number of amides is 2. The Kier molecular flexibility index (Phi) is 5.82. The minimum Gasteiger partial charge on any atom is -0.497 e. The van der Waals surface area contributed by atoms with Crippen LogP contribution in [0.4, 0.5) is 11.4 Å². The molecule has 0 saturated heterocycles. The van der Waals surface area contributed by atoms with Crippen LogP contribution in [0.1, 0.15) is 11.1 Å². The SMILES string of the molecule is COc1ccc(N2C(=O)C(Nc3ccc(C)c(C)c3)=C(Sc3ccccc3)C2=O)cc1. The van der Waals surface area contributed by atoms with E-state index in [1.807, 2.05) is 62.4 Å². The summed E-state index contributed by atoms with van der Waals surface area (Å²) in [5, 5.41) is 3.20. The maximum atomic E-state index is 13.4. The zero-order valence-electron chi connectivity index (χ0n) is 17.5. The molecule has 1 aliphatic heterocycles. The van der Waals surface area contributed by atoms with E-state index < -0.39 is 0 Å². The molecule has 6 heteroatoms. The summed E-state index contributed by atoms with van der Waals surface area (Å²) in [5.41, 5.74) is 3.80. The largest absolute Gasteiger partial charge is 0.497 e. The highest BCUT2D eigenvalue weighted by molar-refractivity contribution is 8.04. The summed E-state index contributed by atoms with van der Waals surface area (Å²) in [6.45, 7) is 4.05. The topological polar surface area (TPSA) is 58.6 Å². The Balaban J connectivity index is 1.73. The van der Waals surface area contributed by atoms with Crippen LogP contribution in [-0.2, 0) is 9.59 Å². The van der Waals surface area contributed by atoms with Gasteiger partial charge in [-0.2, -0.15) is 0 Å². The Morgan fingerprint density at radius 2 is 1.55 bits per heavy atom. The molecule has 4 rings (SSSR count). The number of carbonyl (C=O) groups excluding carboxylic acids is 2. The van der Waals surface area contributed by atoms with Gasteiger partial charge in [0.25, 0.3) is 11.8 Å². The Hall–Kier alpha value is -3.51. The maximum absolute atomic E-state index is 13.4. The minimum atomic E-state index is -0.383. The molecule has 0 radical (unpaired) electrons. The highest BCUT2D eigenvalue weighted by atomic mass is 32.2. The van der Waals surface area contributed by atoms with Gasteiger partial charge in [0.2, 0.25) is 0 Å². The summed E-state index contributed by atoms with van der Waals surface area (Å²) >= 11 is 1.28. The smallest absolute Gasteiger partial charge is 0.283 e. The summed E-state index contributed by atoms with van der Waals surface area (Å²) in [4.78, 5) is 29.2. The quantitative estimate of drug-likeness (QED) is 0.538. The van der Waals surface area contributed by atoms with Gasteiger partial charge in [-0.05, 0) is 73.5 Å². The van der Waals surface area contributed by atoms with Gasteiger partial charge < -0.3 is 10.1 Å². The molecule has 0 saturated carbocycles. The molecule has 0 atom stereocenters. The first kappa shape index (κ1) is 20.8. The van der Waals surface area contributed by atoms with Crippen LogP contribution in [0.15, 0.2) is 88.3 Å². The molecule has 0 fully saturated rings. The van der Waals surface area contributed by atoms with Crippen molar-refractivity contribution in [2.24, 2.45) is 0 Å². The maximum Gasteiger partial charge on any atom is 0.283 e. The lowest BCUT2D eigenvalue weighted by Gasteiger charge is -2.16. The van der Waals surface area contributed by atoms with Crippen LogP contribution in [0.25, 0.3) is 0 Å². The first-order valence-electron chi connectivity index (χ1n) is 9.82. The number of thioether (sulfide) groups is 1. The Morgan fingerprint density at radius 3 is 2.19 bits per heavy atom. The second-order valence-electron chi connectivity index (χ2n) is 7.19. The molecule has 0 unspecified atom stereocenters. The minimum absolute atomic E-state index is 0.276. The predicted octanol–water partition coefficient (Wildman–Crippen LogP) is 5.30. The number of methoxy groups -OCH3 is 1. The normalized spacial score (nSPS) is 13.7. The van der Waals surface area contributed by atoms with Crippen LogP contribution >= 0.6 is 11.8 Å². The van der Waals surface area contributed by atoms with Crippen molar-refractivity contribution in [3.63, 3.8) is 0 Å². The molecule has 0 aromatic heterocycles. The fourth-order valence-corrected chi connectivity index (χ4v) is 4.20. The van der Waals surface area contributed by atoms with E-state index >= 15 is 0 Å². The number of rotatable bonds is 6. The zero-order chi connectivity index (χ0) is 22.0. The van der Waals surface area contributed by atoms with Crippen LogP contribution in [-0.4, -0.2) is 18.9 Å². The lowest BCUT2D eigenvalue weighted by Crippen LogP contribution is -2.32. The third kappa shape index (κ3) is 4.20. The molecule has 31 heavy (non-hydrogen) atoms. The first-order chi connectivity index (χ1) is 15.0. The monoisotopic (exact) mass is 430 g/mol. The van der Waals surface area contributed by atoms with E-state index in [1.54, 1.807) is 31.4 Å². The Morgan fingerprint density at radius 1 is 0.839 bits per heavy atom. The van der Waals surface area contributed by atoms with Gasteiger partial charge in [-0.1, -0.05) is 36.0 Å². The van der Waals surface area contributed by atoms with Crippen molar-refractivity contribution in [3.05, 3.63) is 94.5 Å². The van der Waals surface area contributed by atoms with Crippen LogP contribution in [0.2, 0.25) is 0 Å². The number of benzene rings is 3. The lowest BCUT2D eigenvalue weighted by molar-refractivity contribution is -0.120. The molecule has 3 aromatic carbocycles. The standard InChI is InChI=1S/C25H22N2O3S/c1-16-9-10-18(15-17(16)2)26-22-23(31-21-7-5-4-6-8-21)25(29)27(24(22)28)19-11-13-20(30-3)14-12-19/h4-15,26H,1-3H3. The van der Waals surface area contributed by atoms with Gasteiger partial charge in [-0.3, -0.25) is 9.59 Å². The van der Waals surface area contributed by atoms with Crippen molar-refractivity contribution in [2.45, 2.75) is 18.7 Å². The van der Waals surface area contributed by atoms with Crippen LogP contribution in [0.3, 0.4) is 0 Å². The van der Waals surface area contributed by atoms with Gasteiger partial charge in [0.1, 0.15) is 16.4 Å². The second-order valence-corrected chi connectivity index (χ2v) is 8.27. The van der Waals surface area contributed by atoms with Gasteiger partial charge in [0, 0.05) is 10.6 Å². The highest BCUT2D eigenvalue weighted by Crippen LogP contribution is 2.38. The summed E-state index contributed by atoms with van der Waals surface area (Å²) in [6, 6.07) is 22.3. The molecule has 2 amide bonds. The molecule has 1 aliphatic rings. The molecular weight excluding hydrogens is 408 g/mol. The number of carbonyl (C=O) groups is 2. The third-order valence-electron chi connectivity index (χ3n) is 5.11. The van der Waals surface area contributed by atoms with Gasteiger partial charge in [-0.15, -0.1) is 0 Å². The van der Waals surface area contributed by atoms with Gasteiger partial charge >= 0.3 is 0 Å². The van der Waals surface area contributed by atoms with Crippen LogP contribution < -0.4 is 15.0 Å². The van der Waals surface area contributed by atoms with Crippen molar-refractivity contribution in [1.29, 1.82) is 0 Å².